The molecule has 0 amide bonds. The normalized spacial score (nSPS) is 19.0. The Bertz CT molecular complexity index is 477. The number of carbonyl (C=O) groups is 1. The van der Waals surface area contributed by atoms with Crippen molar-refractivity contribution in [1.29, 1.82) is 0 Å². The minimum atomic E-state index is -0.237. The summed E-state index contributed by atoms with van der Waals surface area (Å²) in [6.07, 6.45) is 6.25. The molecule has 2 unspecified atom stereocenters. The van der Waals surface area contributed by atoms with Gasteiger partial charge in [0.15, 0.2) is 6.29 Å². The average molecular weight is 334 g/mol. The summed E-state index contributed by atoms with van der Waals surface area (Å²) in [5.41, 5.74) is 2.55. The van der Waals surface area contributed by atoms with E-state index in [1.165, 1.54) is 24.5 Å². The van der Waals surface area contributed by atoms with Crippen LogP contribution >= 0.6 is 0 Å². The third-order valence-electron chi connectivity index (χ3n) is 4.39. The van der Waals surface area contributed by atoms with Gasteiger partial charge in [0, 0.05) is 19.4 Å². The van der Waals surface area contributed by atoms with Gasteiger partial charge in [0.2, 0.25) is 0 Å². The van der Waals surface area contributed by atoms with E-state index in [2.05, 4.69) is 31.2 Å². The van der Waals surface area contributed by atoms with Crippen LogP contribution in [0.25, 0.3) is 0 Å². The summed E-state index contributed by atoms with van der Waals surface area (Å²) in [5.74, 6) is -0.0766. The molecule has 0 spiro atoms. The van der Waals surface area contributed by atoms with Gasteiger partial charge in [0.1, 0.15) is 0 Å². The largest absolute Gasteiger partial charge is 0.465 e. The summed E-state index contributed by atoms with van der Waals surface area (Å²) in [4.78, 5) is 11.2. The molecule has 0 N–H and O–H groups in total. The van der Waals surface area contributed by atoms with E-state index in [-0.39, 0.29) is 18.2 Å². The van der Waals surface area contributed by atoms with E-state index in [9.17, 15) is 4.79 Å². The highest BCUT2D eigenvalue weighted by atomic mass is 16.7. The lowest BCUT2D eigenvalue weighted by Crippen LogP contribution is -2.23. The topological polar surface area (TPSA) is 44.8 Å². The highest BCUT2D eigenvalue weighted by molar-refractivity contribution is 5.65. The van der Waals surface area contributed by atoms with Crippen molar-refractivity contribution < 1.29 is 19.0 Å². The Morgan fingerprint density at radius 1 is 1.29 bits per heavy atom. The zero-order valence-corrected chi connectivity index (χ0v) is 15.0. The van der Waals surface area contributed by atoms with E-state index < -0.39 is 0 Å². The molecule has 134 valence electrons. The second-order valence-corrected chi connectivity index (χ2v) is 6.45. The lowest BCUT2D eigenvalue weighted by molar-refractivity contribution is -0.164. The molecule has 1 aromatic rings. The van der Waals surface area contributed by atoms with Crippen LogP contribution in [0.15, 0.2) is 24.3 Å². The number of aryl methyl sites for hydroxylation is 1. The molecule has 1 aliphatic heterocycles. The van der Waals surface area contributed by atoms with Gasteiger partial charge in [-0.1, -0.05) is 37.6 Å². The molecule has 2 atom stereocenters. The van der Waals surface area contributed by atoms with Gasteiger partial charge in [-0.2, -0.15) is 0 Å². The third kappa shape index (κ3) is 6.62. The van der Waals surface area contributed by atoms with E-state index in [1.54, 1.807) is 0 Å². The predicted octanol–water partition coefficient (Wildman–Crippen LogP) is 4.22. The number of hydrogen-bond donors (Lipinski definition) is 0. The van der Waals surface area contributed by atoms with Crippen molar-refractivity contribution in [3.8, 4) is 0 Å². The van der Waals surface area contributed by atoms with E-state index in [0.717, 1.165) is 38.7 Å². The average Bonchev–Trinajstić information content (AvgIpc) is 2.60. The first kappa shape index (κ1) is 18.9. The molecule has 0 bridgehead atoms. The van der Waals surface area contributed by atoms with Gasteiger partial charge in [-0.3, -0.25) is 4.79 Å². The van der Waals surface area contributed by atoms with Gasteiger partial charge < -0.3 is 14.2 Å². The van der Waals surface area contributed by atoms with Gasteiger partial charge >= 0.3 is 5.97 Å². The standard InChI is InChI=1S/C20H30O4/c1-3-6-17-8-10-18(11-9-17)19(15-24-16(2)21)12-14-23-20-7-4-5-13-22-20/h8-11,19-20H,3-7,12-15H2,1-2H3. The fraction of sp³-hybridized carbons (Fsp3) is 0.650. The van der Waals surface area contributed by atoms with Crippen LogP contribution in [0.2, 0.25) is 0 Å². The fourth-order valence-electron chi connectivity index (χ4n) is 2.99. The number of rotatable bonds is 9. The summed E-state index contributed by atoms with van der Waals surface area (Å²) in [7, 11) is 0. The predicted molar refractivity (Wildman–Crippen MR) is 94.0 cm³/mol. The summed E-state index contributed by atoms with van der Waals surface area (Å²) in [5, 5.41) is 0. The molecule has 4 nitrogen and oxygen atoms in total. The van der Waals surface area contributed by atoms with Crippen molar-refractivity contribution in [2.45, 2.75) is 64.6 Å². The zero-order chi connectivity index (χ0) is 17.2. The van der Waals surface area contributed by atoms with Gasteiger partial charge in [0.25, 0.3) is 0 Å². The molecule has 24 heavy (non-hydrogen) atoms. The Morgan fingerprint density at radius 2 is 2.08 bits per heavy atom. The van der Waals surface area contributed by atoms with Crippen molar-refractivity contribution in [1.82, 2.24) is 0 Å². The van der Waals surface area contributed by atoms with Gasteiger partial charge in [-0.05, 0) is 43.2 Å². The number of hydrogen-bond acceptors (Lipinski definition) is 4. The SMILES string of the molecule is CCCc1ccc(C(CCOC2CCCCO2)COC(C)=O)cc1. The molecule has 0 aromatic heterocycles. The van der Waals surface area contributed by atoms with Crippen LogP contribution in [-0.4, -0.2) is 32.1 Å². The van der Waals surface area contributed by atoms with E-state index in [1.807, 2.05) is 0 Å². The van der Waals surface area contributed by atoms with Crippen molar-refractivity contribution in [3.05, 3.63) is 35.4 Å². The number of ether oxygens (including phenoxy) is 3. The highest BCUT2D eigenvalue weighted by Crippen LogP contribution is 2.23. The second kappa shape index (κ2) is 10.5. The summed E-state index contributed by atoms with van der Waals surface area (Å²) in [6, 6.07) is 8.64. The summed E-state index contributed by atoms with van der Waals surface area (Å²) >= 11 is 0. The summed E-state index contributed by atoms with van der Waals surface area (Å²) < 4.78 is 16.7. The molecule has 4 heteroatoms. The fourth-order valence-corrected chi connectivity index (χ4v) is 2.99. The third-order valence-corrected chi connectivity index (χ3v) is 4.39. The first-order valence-corrected chi connectivity index (χ1v) is 9.14. The smallest absolute Gasteiger partial charge is 0.302 e. The molecular formula is C20H30O4. The van der Waals surface area contributed by atoms with Crippen LogP contribution in [-0.2, 0) is 25.4 Å². The molecule has 1 aromatic carbocycles. The van der Waals surface area contributed by atoms with Crippen LogP contribution in [0.5, 0.6) is 0 Å². The Morgan fingerprint density at radius 3 is 2.71 bits per heavy atom. The van der Waals surface area contributed by atoms with Gasteiger partial charge in [0.05, 0.1) is 13.2 Å². The van der Waals surface area contributed by atoms with Crippen LogP contribution < -0.4 is 0 Å². The van der Waals surface area contributed by atoms with Crippen molar-refractivity contribution in [3.63, 3.8) is 0 Å². The quantitative estimate of drug-likeness (QED) is 0.634. The Labute approximate surface area is 145 Å². The van der Waals surface area contributed by atoms with Crippen molar-refractivity contribution in [2.75, 3.05) is 19.8 Å². The van der Waals surface area contributed by atoms with Crippen LogP contribution in [0.4, 0.5) is 0 Å². The highest BCUT2D eigenvalue weighted by Gasteiger charge is 2.17. The molecule has 1 aliphatic rings. The van der Waals surface area contributed by atoms with Crippen LogP contribution in [0.3, 0.4) is 0 Å². The van der Waals surface area contributed by atoms with E-state index in [0.29, 0.717) is 13.2 Å². The van der Waals surface area contributed by atoms with Crippen LogP contribution in [0.1, 0.15) is 63.0 Å². The van der Waals surface area contributed by atoms with Gasteiger partial charge in [-0.25, -0.2) is 0 Å². The number of esters is 1. The zero-order valence-electron chi connectivity index (χ0n) is 15.0. The second-order valence-electron chi connectivity index (χ2n) is 6.45. The lowest BCUT2D eigenvalue weighted by Gasteiger charge is -2.24. The molecule has 0 saturated carbocycles. The number of carbonyl (C=O) groups excluding carboxylic acids is 1. The first-order chi connectivity index (χ1) is 11.7. The van der Waals surface area contributed by atoms with Gasteiger partial charge in [-0.15, -0.1) is 0 Å². The van der Waals surface area contributed by atoms with E-state index >= 15 is 0 Å². The first-order valence-electron chi connectivity index (χ1n) is 9.14. The Balaban J connectivity index is 1.88. The molecule has 1 saturated heterocycles. The van der Waals surface area contributed by atoms with Crippen LogP contribution in [0, 0.1) is 0 Å². The maximum absolute atomic E-state index is 11.2. The van der Waals surface area contributed by atoms with Crippen molar-refractivity contribution in [2.24, 2.45) is 0 Å². The molecule has 0 radical (unpaired) electrons. The lowest BCUT2D eigenvalue weighted by atomic mass is 9.95. The Hall–Kier alpha value is -1.39. The molecule has 1 fully saturated rings. The maximum atomic E-state index is 11.2. The maximum Gasteiger partial charge on any atom is 0.302 e. The monoisotopic (exact) mass is 334 g/mol. The number of benzene rings is 1. The van der Waals surface area contributed by atoms with Crippen molar-refractivity contribution >= 4 is 5.97 Å². The molecule has 2 rings (SSSR count). The Kier molecular flexibility index (Phi) is 8.26. The minimum Gasteiger partial charge on any atom is -0.465 e. The summed E-state index contributed by atoms with van der Waals surface area (Å²) in [6.45, 7) is 5.45. The molecular weight excluding hydrogens is 304 g/mol. The minimum absolute atomic E-state index is 0.0694. The van der Waals surface area contributed by atoms with E-state index in [4.69, 9.17) is 14.2 Å². The molecule has 1 heterocycles. The molecule has 0 aliphatic carbocycles.